The number of aromatic nitrogens is 2. The van der Waals surface area contributed by atoms with Gasteiger partial charge in [0.1, 0.15) is 5.75 Å². The Bertz CT molecular complexity index is 570. The Kier molecular flexibility index (Phi) is 4.52. The van der Waals surface area contributed by atoms with Gasteiger partial charge in [0, 0.05) is 6.20 Å². The van der Waals surface area contributed by atoms with Gasteiger partial charge in [-0.15, -0.1) is 0 Å². The Morgan fingerprint density at radius 3 is 2.63 bits per heavy atom. The quantitative estimate of drug-likeness (QED) is 0.475. The molecule has 2 aromatic rings. The Hall–Kier alpha value is -1.88. The maximum Gasteiger partial charge on any atom is 0.233 e. The van der Waals surface area contributed by atoms with Gasteiger partial charge in [-0.1, -0.05) is 30.8 Å². The number of carbonyl (C=O) groups is 1. The number of hydrogen-bond donors (Lipinski definition) is 0. The summed E-state index contributed by atoms with van der Waals surface area (Å²) in [5.41, 5.74) is 1.58. The fourth-order valence-electron chi connectivity index (χ4n) is 1.53. The lowest BCUT2D eigenvalue weighted by Gasteiger charge is -2.08. The standard InChI is InChI=1S/C14H14N2O2S/c1-3-10-4-6-12(7-5-10)18-13-11(9-17)8-15-14(16-13)19-2/h4-9H,3H2,1-2H3. The van der Waals surface area contributed by atoms with E-state index in [1.165, 1.54) is 23.5 Å². The molecular weight excluding hydrogens is 260 g/mol. The highest BCUT2D eigenvalue weighted by molar-refractivity contribution is 7.98. The zero-order valence-electron chi connectivity index (χ0n) is 10.8. The van der Waals surface area contributed by atoms with E-state index in [4.69, 9.17) is 4.74 Å². The van der Waals surface area contributed by atoms with Crippen LogP contribution in [-0.4, -0.2) is 22.5 Å². The Morgan fingerprint density at radius 2 is 2.05 bits per heavy atom. The van der Waals surface area contributed by atoms with E-state index in [-0.39, 0.29) is 0 Å². The topological polar surface area (TPSA) is 52.1 Å². The molecule has 0 fully saturated rings. The number of carbonyl (C=O) groups excluding carboxylic acids is 1. The maximum absolute atomic E-state index is 11.0. The molecule has 4 nitrogen and oxygen atoms in total. The third-order valence-electron chi connectivity index (χ3n) is 2.61. The van der Waals surface area contributed by atoms with E-state index in [0.29, 0.717) is 28.6 Å². The van der Waals surface area contributed by atoms with Gasteiger partial charge in [-0.05, 0) is 30.4 Å². The Labute approximate surface area is 116 Å². The molecule has 0 radical (unpaired) electrons. The normalized spacial score (nSPS) is 10.2. The monoisotopic (exact) mass is 274 g/mol. The zero-order chi connectivity index (χ0) is 13.7. The largest absolute Gasteiger partial charge is 0.438 e. The van der Waals surface area contributed by atoms with Crippen LogP contribution >= 0.6 is 11.8 Å². The predicted octanol–water partition coefficient (Wildman–Crippen LogP) is 3.37. The third kappa shape index (κ3) is 3.32. The molecule has 0 atom stereocenters. The summed E-state index contributed by atoms with van der Waals surface area (Å²) in [5.74, 6) is 0.949. The van der Waals surface area contributed by atoms with Gasteiger partial charge in [-0.2, -0.15) is 4.98 Å². The molecule has 0 aliphatic rings. The van der Waals surface area contributed by atoms with Gasteiger partial charge in [0.05, 0.1) is 5.56 Å². The van der Waals surface area contributed by atoms with E-state index >= 15 is 0 Å². The second kappa shape index (κ2) is 6.33. The second-order valence-corrected chi connectivity index (χ2v) is 4.61. The van der Waals surface area contributed by atoms with Crippen molar-refractivity contribution in [3.8, 4) is 11.6 Å². The summed E-state index contributed by atoms with van der Waals surface area (Å²) in [6.45, 7) is 2.09. The van der Waals surface area contributed by atoms with Crippen molar-refractivity contribution in [1.29, 1.82) is 0 Å². The summed E-state index contributed by atoms with van der Waals surface area (Å²) in [4.78, 5) is 19.2. The van der Waals surface area contributed by atoms with E-state index in [1.54, 1.807) is 0 Å². The van der Waals surface area contributed by atoms with Crippen LogP contribution < -0.4 is 4.74 Å². The number of ether oxygens (including phenoxy) is 1. The van der Waals surface area contributed by atoms with E-state index in [9.17, 15) is 4.79 Å². The van der Waals surface area contributed by atoms with E-state index in [2.05, 4.69) is 16.9 Å². The SMILES string of the molecule is CCc1ccc(Oc2nc(SC)ncc2C=O)cc1. The van der Waals surface area contributed by atoms with Gasteiger partial charge in [-0.25, -0.2) is 4.98 Å². The van der Waals surface area contributed by atoms with Crippen molar-refractivity contribution in [2.45, 2.75) is 18.5 Å². The predicted molar refractivity (Wildman–Crippen MR) is 75.1 cm³/mol. The molecule has 0 bridgehead atoms. The molecule has 0 N–H and O–H groups in total. The number of nitrogens with zero attached hydrogens (tertiary/aromatic N) is 2. The first-order valence-electron chi connectivity index (χ1n) is 5.89. The lowest BCUT2D eigenvalue weighted by molar-refractivity contribution is 0.112. The van der Waals surface area contributed by atoms with E-state index in [0.717, 1.165) is 6.42 Å². The minimum Gasteiger partial charge on any atom is -0.438 e. The first kappa shape index (κ1) is 13.5. The van der Waals surface area contributed by atoms with Crippen LogP contribution in [0.5, 0.6) is 11.6 Å². The number of rotatable bonds is 5. The molecule has 98 valence electrons. The number of hydrogen-bond acceptors (Lipinski definition) is 5. The molecule has 0 saturated carbocycles. The van der Waals surface area contributed by atoms with Gasteiger partial charge >= 0.3 is 0 Å². The number of aldehydes is 1. The summed E-state index contributed by atoms with van der Waals surface area (Å²) >= 11 is 1.40. The van der Waals surface area contributed by atoms with Crippen LogP contribution in [-0.2, 0) is 6.42 Å². The Balaban J connectivity index is 2.27. The fraction of sp³-hybridized carbons (Fsp3) is 0.214. The summed E-state index contributed by atoms with van der Waals surface area (Å²) in [7, 11) is 0. The first-order chi connectivity index (χ1) is 9.26. The minimum absolute atomic E-state index is 0.290. The molecule has 0 amide bonds. The molecule has 0 aliphatic heterocycles. The minimum atomic E-state index is 0.290. The fourth-order valence-corrected chi connectivity index (χ4v) is 1.86. The van der Waals surface area contributed by atoms with Crippen LogP contribution in [0.2, 0.25) is 0 Å². The number of thioether (sulfide) groups is 1. The molecule has 0 spiro atoms. The third-order valence-corrected chi connectivity index (χ3v) is 3.18. The summed E-state index contributed by atoms with van der Waals surface area (Å²) < 4.78 is 5.65. The van der Waals surface area contributed by atoms with Gasteiger partial charge < -0.3 is 4.74 Å². The first-order valence-corrected chi connectivity index (χ1v) is 7.12. The molecule has 2 rings (SSSR count). The molecule has 5 heteroatoms. The zero-order valence-corrected chi connectivity index (χ0v) is 11.6. The van der Waals surface area contributed by atoms with Crippen LogP contribution in [0.4, 0.5) is 0 Å². The number of benzene rings is 1. The van der Waals surface area contributed by atoms with Crippen LogP contribution in [0, 0.1) is 0 Å². The molecule has 0 aliphatic carbocycles. The molecule has 0 unspecified atom stereocenters. The number of aryl methyl sites for hydroxylation is 1. The lowest BCUT2D eigenvalue weighted by atomic mass is 10.2. The van der Waals surface area contributed by atoms with Crippen molar-refractivity contribution in [1.82, 2.24) is 9.97 Å². The van der Waals surface area contributed by atoms with E-state index < -0.39 is 0 Å². The highest BCUT2D eigenvalue weighted by Crippen LogP contribution is 2.24. The summed E-state index contributed by atoms with van der Waals surface area (Å²) in [5, 5.41) is 0.575. The molecule has 1 heterocycles. The summed E-state index contributed by atoms with van der Waals surface area (Å²) in [6.07, 6.45) is 5.02. The highest BCUT2D eigenvalue weighted by Gasteiger charge is 2.08. The van der Waals surface area contributed by atoms with Crippen molar-refractivity contribution in [2.75, 3.05) is 6.26 Å². The van der Waals surface area contributed by atoms with Gasteiger partial charge in [-0.3, -0.25) is 4.79 Å². The average molecular weight is 274 g/mol. The molecule has 1 aromatic heterocycles. The highest BCUT2D eigenvalue weighted by atomic mass is 32.2. The maximum atomic E-state index is 11.0. The molecular formula is C14H14N2O2S. The van der Waals surface area contributed by atoms with Gasteiger partial charge in [0.25, 0.3) is 0 Å². The van der Waals surface area contributed by atoms with Crippen LogP contribution in [0.1, 0.15) is 22.8 Å². The van der Waals surface area contributed by atoms with Crippen LogP contribution in [0.3, 0.4) is 0 Å². The van der Waals surface area contributed by atoms with Crippen LogP contribution in [0.25, 0.3) is 0 Å². The second-order valence-electron chi connectivity index (χ2n) is 3.83. The molecule has 0 saturated heterocycles. The van der Waals surface area contributed by atoms with Crippen molar-refractivity contribution in [3.63, 3.8) is 0 Å². The van der Waals surface area contributed by atoms with Crippen molar-refractivity contribution in [3.05, 3.63) is 41.6 Å². The van der Waals surface area contributed by atoms with E-state index in [1.807, 2.05) is 30.5 Å². The lowest BCUT2D eigenvalue weighted by Crippen LogP contribution is -1.97. The van der Waals surface area contributed by atoms with Gasteiger partial charge in [0.2, 0.25) is 5.88 Å². The average Bonchev–Trinajstić information content (AvgIpc) is 2.48. The summed E-state index contributed by atoms with van der Waals surface area (Å²) in [6, 6.07) is 7.72. The van der Waals surface area contributed by atoms with Crippen molar-refractivity contribution >= 4 is 18.0 Å². The molecule has 19 heavy (non-hydrogen) atoms. The van der Waals surface area contributed by atoms with Gasteiger partial charge in [0.15, 0.2) is 11.4 Å². The Morgan fingerprint density at radius 1 is 1.32 bits per heavy atom. The van der Waals surface area contributed by atoms with Crippen LogP contribution in [0.15, 0.2) is 35.6 Å². The van der Waals surface area contributed by atoms with Crippen molar-refractivity contribution < 1.29 is 9.53 Å². The van der Waals surface area contributed by atoms with Crippen molar-refractivity contribution in [2.24, 2.45) is 0 Å². The smallest absolute Gasteiger partial charge is 0.233 e. The molecule has 1 aromatic carbocycles.